The number of nitrogens with zero attached hydrogens (tertiary/aromatic N) is 1. The summed E-state index contributed by atoms with van der Waals surface area (Å²) in [5.74, 6) is -2.82. The van der Waals surface area contributed by atoms with Crippen LogP contribution in [0.5, 0.6) is 5.75 Å². The van der Waals surface area contributed by atoms with Crippen LogP contribution in [0.15, 0.2) is 27.8 Å². The Morgan fingerprint density at radius 3 is 2.71 bits per heavy atom. The van der Waals surface area contributed by atoms with Crippen molar-refractivity contribution in [2.45, 2.75) is 26.3 Å². The first kappa shape index (κ1) is 19.6. The van der Waals surface area contributed by atoms with Crippen LogP contribution < -0.4 is 20.6 Å². The Balaban J connectivity index is 2.72. The predicted octanol–water partition coefficient (Wildman–Crippen LogP) is -0.0574. The van der Waals surface area contributed by atoms with E-state index in [2.05, 4.69) is 31.8 Å². The van der Waals surface area contributed by atoms with Crippen LogP contribution in [0.1, 0.15) is 25.8 Å². The normalized spacial score (nSPS) is 11.8. The van der Waals surface area contributed by atoms with Crippen LogP contribution in [-0.4, -0.2) is 36.6 Å². The molecule has 9 heteroatoms. The van der Waals surface area contributed by atoms with Crippen LogP contribution in [0, 0.1) is 0 Å². The molecule has 1 rings (SSSR count). The average molecular weight is 399 g/mol. The van der Waals surface area contributed by atoms with Crippen molar-refractivity contribution < 1.29 is 24.2 Å². The molecule has 0 aliphatic rings. The molecule has 8 nitrogen and oxygen atoms in total. The molecule has 0 bridgehead atoms. The number of rotatable bonds is 7. The fourth-order valence-corrected chi connectivity index (χ4v) is 1.87. The molecular formula is C15H17BrN3O5-. The number of hydrogen-bond donors (Lipinski definition) is 2. The summed E-state index contributed by atoms with van der Waals surface area (Å²) in [6, 6.07) is 4.67. The molecule has 0 saturated heterocycles. The zero-order valence-corrected chi connectivity index (χ0v) is 14.8. The molecule has 130 valence electrons. The zero-order valence-electron chi connectivity index (χ0n) is 13.2. The number of carboxylic acid groups (broad SMARTS) is 1. The van der Waals surface area contributed by atoms with Gasteiger partial charge in [-0.1, -0.05) is 22.9 Å². The lowest BCUT2D eigenvalue weighted by Crippen LogP contribution is -2.41. The number of hydrazone groups is 1. The van der Waals surface area contributed by atoms with Gasteiger partial charge in [0, 0.05) is 16.1 Å². The largest absolute Gasteiger partial charge is 0.546 e. The van der Waals surface area contributed by atoms with Gasteiger partial charge in [0.15, 0.2) is 0 Å². The first-order valence-corrected chi connectivity index (χ1v) is 7.88. The fraction of sp³-hybridized carbons (Fsp3) is 0.333. The number of halogens is 1. The quantitative estimate of drug-likeness (QED) is 0.378. The lowest BCUT2D eigenvalue weighted by molar-refractivity contribution is -0.307. The molecule has 24 heavy (non-hydrogen) atoms. The first-order chi connectivity index (χ1) is 11.3. The van der Waals surface area contributed by atoms with Crippen molar-refractivity contribution in [2.75, 3.05) is 6.61 Å². The molecule has 1 aromatic rings. The second-order valence-corrected chi connectivity index (χ2v) is 5.74. The maximum Gasteiger partial charge on any atom is 0.329 e. The Morgan fingerprint density at radius 1 is 1.38 bits per heavy atom. The average Bonchev–Trinajstić information content (AvgIpc) is 2.53. The van der Waals surface area contributed by atoms with Gasteiger partial charge < -0.3 is 20.0 Å². The fourth-order valence-electron chi connectivity index (χ4n) is 1.49. The van der Waals surface area contributed by atoms with Gasteiger partial charge in [0.05, 0.1) is 12.2 Å². The zero-order chi connectivity index (χ0) is 18.1. The van der Waals surface area contributed by atoms with E-state index >= 15 is 0 Å². The third-order valence-corrected chi connectivity index (χ3v) is 3.38. The van der Waals surface area contributed by atoms with Gasteiger partial charge in [-0.25, -0.2) is 5.43 Å². The molecule has 0 aromatic heterocycles. The molecule has 0 unspecified atom stereocenters. The second-order valence-electron chi connectivity index (χ2n) is 4.82. The Hall–Kier alpha value is -2.42. The first-order valence-electron chi connectivity index (χ1n) is 7.09. The van der Waals surface area contributed by atoms with E-state index in [4.69, 9.17) is 4.74 Å². The maximum atomic E-state index is 11.6. The number of hydrogen-bond acceptors (Lipinski definition) is 6. The van der Waals surface area contributed by atoms with Crippen LogP contribution in [0.4, 0.5) is 0 Å². The minimum Gasteiger partial charge on any atom is -0.546 e. The highest BCUT2D eigenvalue weighted by atomic mass is 79.9. The highest BCUT2D eigenvalue weighted by molar-refractivity contribution is 9.10. The van der Waals surface area contributed by atoms with E-state index in [9.17, 15) is 19.5 Å². The van der Waals surface area contributed by atoms with E-state index in [1.54, 1.807) is 19.1 Å². The number of aliphatic carboxylic acids is 1. The number of ether oxygens (including phenoxy) is 1. The number of carbonyl (C=O) groups is 3. The molecule has 0 spiro atoms. The van der Waals surface area contributed by atoms with Crippen molar-refractivity contribution in [3.63, 3.8) is 0 Å². The van der Waals surface area contributed by atoms with E-state index < -0.39 is 24.4 Å². The topological polar surface area (TPSA) is 120 Å². The minimum atomic E-state index is -1.36. The van der Waals surface area contributed by atoms with Crippen molar-refractivity contribution in [3.8, 4) is 5.75 Å². The summed E-state index contributed by atoms with van der Waals surface area (Å²) in [6.07, 6.45) is 1.93. The molecule has 0 radical (unpaired) electrons. The van der Waals surface area contributed by atoms with Gasteiger partial charge in [0.2, 0.25) is 0 Å². The van der Waals surface area contributed by atoms with Gasteiger partial charge in [-0.05, 0) is 31.5 Å². The minimum absolute atomic E-state index is 0.123. The van der Waals surface area contributed by atoms with Gasteiger partial charge >= 0.3 is 11.8 Å². The molecule has 0 aliphatic carbocycles. The summed E-state index contributed by atoms with van der Waals surface area (Å²) in [7, 11) is 0. The van der Waals surface area contributed by atoms with E-state index in [-0.39, 0.29) is 11.8 Å². The number of carboxylic acids is 1. The van der Waals surface area contributed by atoms with Gasteiger partial charge in [-0.3, -0.25) is 9.59 Å². The number of amides is 2. The number of nitrogens with one attached hydrogen (secondary N) is 2. The lowest BCUT2D eigenvalue weighted by atomic mass is 10.2. The standard InChI is InChI=1S/C15H18BrN3O5/c1-3-9(2)18-14(22)15(23)19-17-7-10-6-11(16)4-5-12(10)24-8-13(20)21/h4-7,9H,3,8H2,1-2H3,(H,18,22)(H,19,23)(H,20,21)/p-1/b17-7-/t9-/m0/s1. The summed E-state index contributed by atoms with van der Waals surface area (Å²) in [5.41, 5.74) is 2.50. The summed E-state index contributed by atoms with van der Waals surface area (Å²) in [5, 5.41) is 16.6. The summed E-state index contributed by atoms with van der Waals surface area (Å²) < 4.78 is 5.76. The van der Waals surface area contributed by atoms with Crippen LogP contribution in [0.3, 0.4) is 0 Å². The Kier molecular flexibility index (Phi) is 7.90. The van der Waals surface area contributed by atoms with Crippen LogP contribution >= 0.6 is 15.9 Å². The van der Waals surface area contributed by atoms with Crippen molar-refractivity contribution >= 4 is 39.9 Å². The van der Waals surface area contributed by atoms with Crippen molar-refractivity contribution in [2.24, 2.45) is 5.10 Å². The Morgan fingerprint density at radius 2 is 2.08 bits per heavy atom. The predicted molar refractivity (Wildman–Crippen MR) is 88.3 cm³/mol. The Labute approximate surface area is 147 Å². The van der Waals surface area contributed by atoms with Crippen LogP contribution in [0.25, 0.3) is 0 Å². The summed E-state index contributed by atoms with van der Waals surface area (Å²) >= 11 is 3.26. The van der Waals surface area contributed by atoms with E-state index in [0.29, 0.717) is 16.5 Å². The van der Waals surface area contributed by atoms with E-state index in [1.165, 1.54) is 12.3 Å². The van der Waals surface area contributed by atoms with Gasteiger partial charge in [0.1, 0.15) is 12.4 Å². The molecular weight excluding hydrogens is 382 g/mol. The third-order valence-electron chi connectivity index (χ3n) is 2.88. The molecule has 2 amide bonds. The van der Waals surface area contributed by atoms with Crippen molar-refractivity contribution in [1.82, 2.24) is 10.7 Å². The SMILES string of the molecule is CC[C@H](C)NC(=O)C(=O)N/N=C\c1cc(Br)ccc1OCC(=O)[O-]. The van der Waals surface area contributed by atoms with Gasteiger partial charge in [-0.2, -0.15) is 5.10 Å². The molecule has 0 heterocycles. The van der Waals surface area contributed by atoms with Gasteiger partial charge in [0.25, 0.3) is 0 Å². The molecule has 1 atom stereocenters. The second kappa shape index (κ2) is 9.66. The van der Waals surface area contributed by atoms with Gasteiger partial charge in [-0.15, -0.1) is 0 Å². The van der Waals surface area contributed by atoms with E-state index in [0.717, 1.165) is 0 Å². The van der Waals surface area contributed by atoms with Crippen LogP contribution in [0.2, 0.25) is 0 Å². The maximum absolute atomic E-state index is 11.6. The highest BCUT2D eigenvalue weighted by Gasteiger charge is 2.14. The number of carbonyl (C=O) groups excluding carboxylic acids is 3. The van der Waals surface area contributed by atoms with Crippen molar-refractivity contribution in [3.05, 3.63) is 28.2 Å². The molecule has 0 saturated carbocycles. The summed E-state index contributed by atoms with van der Waals surface area (Å²) in [6.45, 7) is 3.03. The Bertz CT molecular complexity index is 648. The number of benzene rings is 1. The third kappa shape index (κ3) is 6.78. The molecule has 0 fully saturated rings. The van der Waals surface area contributed by atoms with Crippen LogP contribution in [-0.2, 0) is 14.4 Å². The highest BCUT2D eigenvalue weighted by Crippen LogP contribution is 2.21. The molecule has 1 aromatic carbocycles. The monoisotopic (exact) mass is 398 g/mol. The van der Waals surface area contributed by atoms with Crippen molar-refractivity contribution in [1.29, 1.82) is 0 Å². The lowest BCUT2D eigenvalue weighted by Gasteiger charge is -2.10. The molecule has 0 aliphatic heterocycles. The smallest absolute Gasteiger partial charge is 0.329 e. The van der Waals surface area contributed by atoms with E-state index in [1.807, 2.05) is 6.92 Å². The summed E-state index contributed by atoms with van der Waals surface area (Å²) in [4.78, 5) is 33.6. The molecule has 2 N–H and O–H groups in total.